The van der Waals surface area contributed by atoms with E-state index in [1.165, 1.54) is 22.9 Å². The SMILES string of the molecule is CC[C@@H](C=N)COc1ccc(Cc2ccc(-c3nccs3)cc2)cc1.Cl. The monoisotopic (exact) mass is 386 g/mol. The first-order valence-electron chi connectivity index (χ1n) is 8.49. The third-order valence-electron chi connectivity index (χ3n) is 4.19. The summed E-state index contributed by atoms with van der Waals surface area (Å²) in [5, 5.41) is 10.4. The molecule has 3 aromatic rings. The standard InChI is InChI=1S/C21H22N2OS.ClH/c1-2-16(14-22)15-24-20-9-5-18(6-10-20)13-17-3-7-19(8-4-17)21-23-11-12-25-21;/h3-12,14,16,22H,2,13,15H2,1H3;1H/t16-;/m0./s1. The molecule has 0 aliphatic carbocycles. The first-order valence-corrected chi connectivity index (χ1v) is 9.37. The van der Waals surface area contributed by atoms with Crippen LogP contribution in [-0.2, 0) is 6.42 Å². The summed E-state index contributed by atoms with van der Waals surface area (Å²) < 4.78 is 5.76. The lowest BCUT2D eigenvalue weighted by molar-refractivity contribution is 0.283. The summed E-state index contributed by atoms with van der Waals surface area (Å²) in [7, 11) is 0. The molecule has 0 bridgehead atoms. The summed E-state index contributed by atoms with van der Waals surface area (Å²) in [6.45, 7) is 2.64. The van der Waals surface area contributed by atoms with Crippen molar-refractivity contribution in [1.29, 1.82) is 5.41 Å². The zero-order valence-electron chi connectivity index (χ0n) is 14.7. The van der Waals surface area contributed by atoms with E-state index in [1.807, 2.05) is 23.7 Å². The molecule has 0 amide bonds. The number of hydrogen-bond donors (Lipinski definition) is 1. The highest BCUT2D eigenvalue weighted by atomic mass is 35.5. The minimum Gasteiger partial charge on any atom is -0.493 e. The molecule has 0 fully saturated rings. The Morgan fingerprint density at radius 1 is 1.08 bits per heavy atom. The van der Waals surface area contributed by atoms with Crippen LogP contribution in [-0.4, -0.2) is 17.8 Å². The van der Waals surface area contributed by atoms with Crippen LogP contribution in [0.3, 0.4) is 0 Å². The van der Waals surface area contributed by atoms with Crippen molar-refractivity contribution < 1.29 is 4.74 Å². The lowest BCUT2D eigenvalue weighted by atomic mass is 10.0. The predicted molar refractivity (Wildman–Crippen MR) is 112 cm³/mol. The number of ether oxygens (including phenoxy) is 1. The Morgan fingerprint density at radius 2 is 1.73 bits per heavy atom. The number of rotatable bonds is 8. The molecule has 0 unspecified atom stereocenters. The van der Waals surface area contributed by atoms with Crippen LogP contribution in [0, 0.1) is 11.3 Å². The number of nitrogens with zero attached hydrogens (tertiary/aromatic N) is 1. The number of thiazole rings is 1. The molecule has 0 saturated carbocycles. The Hall–Kier alpha value is -2.17. The van der Waals surface area contributed by atoms with Crippen LogP contribution in [0.4, 0.5) is 0 Å². The van der Waals surface area contributed by atoms with Gasteiger partial charge < -0.3 is 10.1 Å². The summed E-state index contributed by atoms with van der Waals surface area (Å²) in [6.07, 6.45) is 5.13. The molecule has 0 aliphatic rings. The molecule has 1 N–H and O–H groups in total. The summed E-state index contributed by atoms with van der Waals surface area (Å²) in [6, 6.07) is 16.8. The molecule has 0 spiro atoms. The summed E-state index contributed by atoms with van der Waals surface area (Å²) >= 11 is 1.66. The third kappa shape index (κ3) is 5.41. The molecular weight excluding hydrogens is 364 g/mol. The fourth-order valence-corrected chi connectivity index (χ4v) is 3.20. The highest BCUT2D eigenvalue weighted by molar-refractivity contribution is 7.13. The molecule has 26 heavy (non-hydrogen) atoms. The number of benzene rings is 2. The second-order valence-electron chi connectivity index (χ2n) is 6.00. The molecular formula is C21H23ClN2OS. The Balaban J connectivity index is 0.00000243. The lowest BCUT2D eigenvalue weighted by Crippen LogP contribution is -2.11. The molecule has 0 radical (unpaired) electrons. The molecule has 5 heteroatoms. The van der Waals surface area contributed by atoms with Gasteiger partial charge in [0.15, 0.2) is 0 Å². The minimum atomic E-state index is 0. The molecule has 3 nitrogen and oxygen atoms in total. The van der Waals surface area contributed by atoms with Gasteiger partial charge in [-0.05, 0) is 36.1 Å². The van der Waals surface area contributed by atoms with Crippen LogP contribution >= 0.6 is 23.7 Å². The van der Waals surface area contributed by atoms with E-state index in [0.29, 0.717) is 6.61 Å². The number of aromatic nitrogens is 1. The first kappa shape index (κ1) is 20.1. The zero-order chi connectivity index (χ0) is 17.5. The van der Waals surface area contributed by atoms with Crippen LogP contribution < -0.4 is 4.74 Å². The fourth-order valence-electron chi connectivity index (χ4n) is 2.56. The number of nitrogens with one attached hydrogen (secondary N) is 1. The van der Waals surface area contributed by atoms with E-state index in [-0.39, 0.29) is 18.3 Å². The summed E-state index contributed by atoms with van der Waals surface area (Å²) in [5.74, 6) is 1.05. The Morgan fingerprint density at radius 3 is 2.27 bits per heavy atom. The largest absolute Gasteiger partial charge is 0.493 e. The van der Waals surface area contributed by atoms with Crippen molar-refractivity contribution in [3.63, 3.8) is 0 Å². The van der Waals surface area contributed by atoms with E-state index in [1.54, 1.807) is 11.3 Å². The van der Waals surface area contributed by atoms with Gasteiger partial charge in [-0.3, -0.25) is 0 Å². The van der Waals surface area contributed by atoms with E-state index in [0.717, 1.165) is 23.6 Å². The van der Waals surface area contributed by atoms with Gasteiger partial charge in [-0.25, -0.2) is 4.98 Å². The molecule has 2 aromatic carbocycles. The van der Waals surface area contributed by atoms with Crippen molar-refractivity contribution in [2.45, 2.75) is 19.8 Å². The third-order valence-corrected chi connectivity index (χ3v) is 5.01. The van der Waals surface area contributed by atoms with Crippen molar-refractivity contribution in [3.05, 3.63) is 71.2 Å². The van der Waals surface area contributed by atoms with Gasteiger partial charge in [0.05, 0.1) is 6.61 Å². The van der Waals surface area contributed by atoms with Crippen molar-refractivity contribution >= 4 is 30.0 Å². The van der Waals surface area contributed by atoms with Gasteiger partial charge in [-0.2, -0.15) is 0 Å². The van der Waals surface area contributed by atoms with Gasteiger partial charge in [-0.1, -0.05) is 43.3 Å². The zero-order valence-corrected chi connectivity index (χ0v) is 16.4. The molecule has 1 atom stereocenters. The van der Waals surface area contributed by atoms with Gasteiger partial charge in [0.2, 0.25) is 0 Å². The fraction of sp³-hybridized carbons (Fsp3) is 0.238. The van der Waals surface area contributed by atoms with Crippen LogP contribution in [0.15, 0.2) is 60.1 Å². The van der Waals surface area contributed by atoms with E-state index in [2.05, 4.69) is 48.3 Å². The molecule has 136 valence electrons. The molecule has 1 heterocycles. The van der Waals surface area contributed by atoms with E-state index >= 15 is 0 Å². The van der Waals surface area contributed by atoms with E-state index in [4.69, 9.17) is 10.1 Å². The van der Waals surface area contributed by atoms with Gasteiger partial charge in [-0.15, -0.1) is 23.7 Å². The second kappa shape index (κ2) is 10.1. The second-order valence-corrected chi connectivity index (χ2v) is 6.90. The summed E-state index contributed by atoms with van der Waals surface area (Å²) in [5.41, 5.74) is 3.71. The highest BCUT2D eigenvalue weighted by Gasteiger charge is 2.04. The Bertz CT molecular complexity index is 786. The van der Waals surface area contributed by atoms with Gasteiger partial charge in [0, 0.05) is 29.3 Å². The smallest absolute Gasteiger partial charge is 0.123 e. The van der Waals surface area contributed by atoms with Crippen LogP contribution in [0.2, 0.25) is 0 Å². The molecule has 1 aromatic heterocycles. The number of halogens is 1. The summed E-state index contributed by atoms with van der Waals surface area (Å²) in [4.78, 5) is 4.34. The lowest BCUT2D eigenvalue weighted by Gasteiger charge is -2.11. The van der Waals surface area contributed by atoms with Gasteiger partial charge >= 0.3 is 0 Å². The highest BCUT2D eigenvalue weighted by Crippen LogP contribution is 2.23. The quantitative estimate of drug-likeness (QED) is 0.491. The average Bonchev–Trinajstić information content (AvgIpc) is 3.19. The normalized spacial score (nSPS) is 11.4. The van der Waals surface area contributed by atoms with Gasteiger partial charge in [0.25, 0.3) is 0 Å². The molecule has 0 saturated heterocycles. The van der Waals surface area contributed by atoms with E-state index in [9.17, 15) is 0 Å². The maximum Gasteiger partial charge on any atom is 0.123 e. The molecule has 3 rings (SSSR count). The van der Waals surface area contributed by atoms with Crippen LogP contribution in [0.25, 0.3) is 10.6 Å². The number of hydrogen-bond acceptors (Lipinski definition) is 4. The van der Waals surface area contributed by atoms with Crippen molar-refractivity contribution in [3.8, 4) is 16.3 Å². The van der Waals surface area contributed by atoms with Gasteiger partial charge in [0.1, 0.15) is 10.8 Å². The Labute approximate surface area is 165 Å². The Kier molecular flexibility index (Phi) is 7.82. The van der Waals surface area contributed by atoms with Crippen LogP contribution in [0.5, 0.6) is 5.75 Å². The molecule has 0 aliphatic heterocycles. The topological polar surface area (TPSA) is 46.0 Å². The average molecular weight is 387 g/mol. The van der Waals surface area contributed by atoms with Crippen molar-refractivity contribution in [2.75, 3.05) is 6.61 Å². The van der Waals surface area contributed by atoms with Crippen molar-refractivity contribution in [2.24, 2.45) is 5.92 Å². The van der Waals surface area contributed by atoms with E-state index < -0.39 is 0 Å². The first-order chi connectivity index (χ1) is 12.3. The van der Waals surface area contributed by atoms with Crippen molar-refractivity contribution in [1.82, 2.24) is 4.98 Å². The van der Waals surface area contributed by atoms with Crippen LogP contribution in [0.1, 0.15) is 24.5 Å². The predicted octanol–water partition coefficient (Wildman–Crippen LogP) is 5.88. The maximum atomic E-state index is 7.34. The minimum absolute atomic E-state index is 0. The maximum absolute atomic E-state index is 7.34.